The fraction of sp³-hybridized carbons (Fsp3) is 0.500. The summed E-state index contributed by atoms with van der Waals surface area (Å²) >= 11 is 5.90. The normalized spacial score (nSPS) is 10.4. The molecule has 0 fully saturated rings. The number of carbonyl (C=O) groups excluding carboxylic acids is 2. The Morgan fingerprint density at radius 2 is 2.00 bits per heavy atom. The molecule has 0 spiro atoms. The van der Waals surface area contributed by atoms with Gasteiger partial charge in [-0.05, 0) is 31.0 Å². The molecule has 0 bridgehead atoms. The molecule has 1 rings (SSSR count). The molecule has 0 heterocycles. The Morgan fingerprint density at radius 3 is 2.64 bits per heavy atom. The van der Waals surface area contributed by atoms with Gasteiger partial charge in [0.2, 0.25) is 0 Å². The summed E-state index contributed by atoms with van der Waals surface area (Å²) in [7, 11) is 0. The summed E-state index contributed by atoms with van der Waals surface area (Å²) in [6.45, 7) is 4.34. The second-order valence-corrected chi connectivity index (χ2v) is 5.57. The standard InChI is InChI=1S/C16H23ClN2O3/c1-3-4-5-8-19(9-10-20)16(22)15(21)18-14-11-13(17)7-6-12(14)2/h6-7,11,20H,3-5,8-10H2,1-2H3,(H,18,21). The van der Waals surface area contributed by atoms with Crippen LogP contribution in [-0.2, 0) is 9.59 Å². The van der Waals surface area contributed by atoms with Crippen LogP contribution in [0.2, 0.25) is 5.02 Å². The van der Waals surface area contributed by atoms with E-state index in [0.717, 1.165) is 24.8 Å². The molecule has 0 atom stereocenters. The van der Waals surface area contributed by atoms with Crippen LogP contribution in [0.4, 0.5) is 5.69 Å². The number of aliphatic hydroxyl groups is 1. The number of nitrogens with zero attached hydrogens (tertiary/aromatic N) is 1. The van der Waals surface area contributed by atoms with Crippen molar-refractivity contribution < 1.29 is 14.7 Å². The lowest BCUT2D eigenvalue weighted by molar-refractivity contribution is -0.143. The number of halogens is 1. The van der Waals surface area contributed by atoms with Crippen molar-refractivity contribution in [3.63, 3.8) is 0 Å². The van der Waals surface area contributed by atoms with Crippen LogP contribution in [0.1, 0.15) is 31.7 Å². The third-order valence-corrected chi connectivity index (χ3v) is 3.57. The predicted molar refractivity (Wildman–Crippen MR) is 88.0 cm³/mol. The van der Waals surface area contributed by atoms with Crippen LogP contribution in [0.15, 0.2) is 18.2 Å². The van der Waals surface area contributed by atoms with E-state index in [-0.39, 0.29) is 13.2 Å². The first-order chi connectivity index (χ1) is 10.5. The minimum absolute atomic E-state index is 0.157. The Labute approximate surface area is 136 Å². The van der Waals surface area contributed by atoms with Gasteiger partial charge < -0.3 is 15.3 Å². The predicted octanol–water partition coefficient (Wildman–Crippen LogP) is 2.60. The lowest BCUT2D eigenvalue weighted by Crippen LogP contribution is -2.41. The fourth-order valence-corrected chi connectivity index (χ4v) is 2.21. The van der Waals surface area contributed by atoms with Crippen LogP contribution < -0.4 is 5.32 Å². The zero-order valence-electron chi connectivity index (χ0n) is 13.1. The number of aryl methyl sites for hydroxylation is 1. The molecule has 0 aliphatic carbocycles. The maximum atomic E-state index is 12.2. The van der Waals surface area contributed by atoms with Gasteiger partial charge in [-0.1, -0.05) is 37.4 Å². The van der Waals surface area contributed by atoms with E-state index in [1.54, 1.807) is 18.2 Å². The number of aliphatic hydroxyl groups excluding tert-OH is 1. The second-order valence-electron chi connectivity index (χ2n) is 5.14. The zero-order chi connectivity index (χ0) is 16.5. The van der Waals surface area contributed by atoms with Gasteiger partial charge in [0.25, 0.3) is 0 Å². The number of unbranched alkanes of at least 4 members (excludes halogenated alkanes) is 2. The van der Waals surface area contributed by atoms with E-state index in [0.29, 0.717) is 17.3 Å². The quantitative estimate of drug-likeness (QED) is 0.597. The lowest BCUT2D eigenvalue weighted by Gasteiger charge is -2.21. The van der Waals surface area contributed by atoms with Crippen LogP contribution in [0.25, 0.3) is 0 Å². The lowest BCUT2D eigenvalue weighted by atomic mass is 10.2. The Kier molecular flexibility index (Phi) is 7.91. The number of benzene rings is 1. The zero-order valence-corrected chi connectivity index (χ0v) is 13.8. The smallest absolute Gasteiger partial charge is 0.313 e. The largest absolute Gasteiger partial charge is 0.395 e. The van der Waals surface area contributed by atoms with Gasteiger partial charge in [-0.2, -0.15) is 0 Å². The van der Waals surface area contributed by atoms with Crippen molar-refractivity contribution in [2.24, 2.45) is 0 Å². The minimum atomic E-state index is -0.713. The van der Waals surface area contributed by atoms with Crippen molar-refractivity contribution in [3.05, 3.63) is 28.8 Å². The van der Waals surface area contributed by atoms with Gasteiger partial charge >= 0.3 is 11.8 Å². The molecule has 0 radical (unpaired) electrons. The van der Waals surface area contributed by atoms with Crippen molar-refractivity contribution >= 4 is 29.1 Å². The number of rotatable bonds is 7. The van der Waals surface area contributed by atoms with Crippen LogP contribution in [0, 0.1) is 6.92 Å². The number of hydrogen-bond acceptors (Lipinski definition) is 3. The van der Waals surface area contributed by atoms with Gasteiger partial charge in [-0.25, -0.2) is 0 Å². The molecule has 1 aromatic carbocycles. The highest BCUT2D eigenvalue weighted by molar-refractivity contribution is 6.39. The van der Waals surface area contributed by atoms with E-state index in [9.17, 15) is 9.59 Å². The fourth-order valence-electron chi connectivity index (χ4n) is 2.04. The van der Waals surface area contributed by atoms with Crippen molar-refractivity contribution in [2.75, 3.05) is 25.0 Å². The minimum Gasteiger partial charge on any atom is -0.395 e. The summed E-state index contributed by atoms with van der Waals surface area (Å²) in [5, 5.41) is 12.1. The SMILES string of the molecule is CCCCCN(CCO)C(=O)C(=O)Nc1cc(Cl)ccc1C. The second kappa shape index (κ2) is 9.43. The molecule has 122 valence electrons. The maximum absolute atomic E-state index is 12.2. The first-order valence-corrected chi connectivity index (χ1v) is 7.84. The molecule has 0 unspecified atom stereocenters. The molecule has 22 heavy (non-hydrogen) atoms. The third kappa shape index (κ3) is 5.66. The molecular formula is C16H23ClN2O3. The van der Waals surface area contributed by atoms with E-state index in [2.05, 4.69) is 12.2 Å². The van der Waals surface area contributed by atoms with Crippen molar-refractivity contribution in [1.29, 1.82) is 0 Å². The maximum Gasteiger partial charge on any atom is 0.313 e. The number of hydrogen-bond donors (Lipinski definition) is 2. The summed E-state index contributed by atoms with van der Waals surface area (Å²) < 4.78 is 0. The molecule has 5 nitrogen and oxygen atoms in total. The molecule has 0 aliphatic heterocycles. The van der Waals surface area contributed by atoms with Crippen molar-refractivity contribution in [1.82, 2.24) is 4.90 Å². The van der Waals surface area contributed by atoms with Crippen molar-refractivity contribution in [3.8, 4) is 0 Å². The average molecular weight is 327 g/mol. The van der Waals surface area contributed by atoms with Gasteiger partial charge in [-0.15, -0.1) is 0 Å². The van der Waals surface area contributed by atoms with E-state index >= 15 is 0 Å². The van der Waals surface area contributed by atoms with Gasteiger partial charge in [0.1, 0.15) is 0 Å². The molecule has 6 heteroatoms. The Hall–Kier alpha value is -1.59. The molecule has 0 aliphatic rings. The summed E-state index contributed by atoms with van der Waals surface area (Å²) in [4.78, 5) is 25.7. The highest BCUT2D eigenvalue weighted by Gasteiger charge is 2.21. The average Bonchev–Trinajstić information content (AvgIpc) is 2.49. The molecule has 0 aromatic heterocycles. The Bertz CT molecular complexity index is 520. The van der Waals surface area contributed by atoms with Crippen molar-refractivity contribution in [2.45, 2.75) is 33.1 Å². The van der Waals surface area contributed by atoms with Crippen LogP contribution in [-0.4, -0.2) is 41.5 Å². The van der Waals surface area contributed by atoms with Crippen LogP contribution >= 0.6 is 11.6 Å². The van der Waals surface area contributed by atoms with Crippen LogP contribution in [0.5, 0.6) is 0 Å². The molecule has 0 saturated heterocycles. The monoisotopic (exact) mass is 326 g/mol. The van der Waals surface area contributed by atoms with Gasteiger partial charge in [0.05, 0.1) is 6.61 Å². The van der Waals surface area contributed by atoms with Gasteiger partial charge in [-0.3, -0.25) is 9.59 Å². The molecule has 2 N–H and O–H groups in total. The molecule has 1 aromatic rings. The molecule has 0 saturated carbocycles. The molecule has 2 amide bonds. The first kappa shape index (κ1) is 18.5. The third-order valence-electron chi connectivity index (χ3n) is 3.33. The van der Waals surface area contributed by atoms with E-state index in [1.807, 2.05) is 6.92 Å². The topological polar surface area (TPSA) is 69.6 Å². The van der Waals surface area contributed by atoms with Crippen LogP contribution in [0.3, 0.4) is 0 Å². The summed E-state index contributed by atoms with van der Waals surface area (Å²) in [5.41, 5.74) is 1.34. The number of carbonyl (C=O) groups is 2. The number of amides is 2. The number of anilines is 1. The van der Waals surface area contributed by atoms with Gasteiger partial charge in [0.15, 0.2) is 0 Å². The number of nitrogens with one attached hydrogen (secondary N) is 1. The van der Waals surface area contributed by atoms with E-state index in [1.165, 1.54) is 4.90 Å². The van der Waals surface area contributed by atoms with E-state index < -0.39 is 11.8 Å². The summed E-state index contributed by atoms with van der Waals surface area (Å²) in [5.74, 6) is -1.35. The molecular weight excluding hydrogens is 304 g/mol. The highest BCUT2D eigenvalue weighted by atomic mass is 35.5. The Morgan fingerprint density at radius 1 is 1.27 bits per heavy atom. The summed E-state index contributed by atoms with van der Waals surface area (Å²) in [6, 6.07) is 5.10. The van der Waals surface area contributed by atoms with E-state index in [4.69, 9.17) is 16.7 Å². The van der Waals surface area contributed by atoms with Gasteiger partial charge in [0, 0.05) is 23.8 Å². The summed E-state index contributed by atoms with van der Waals surface area (Å²) in [6.07, 6.45) is 2.81. The highest BCUT2D eigenvalue weighted by Crippen LogP contribution is 2.20. The Balaban J connectivity index is 2.71. The first-order valence-electron chi connectivity index (χ1n) is 7.46.